The molecule has 0 aliphatic rings. The summed E-state index contributed by atoms with van der Waals surface area (Å²) in [6.07, 6.45) is 4.57. The lowest BCUT2D eigenvalue weighted by molar-refractivity contribution is 0.596. The van der Waals surface area contributed by atoms with Crippen molar-refractivity contribution in [2.45, 2.75) is 23.3 Å². The van der Waals surface area contributed by atoms with Crippen molar-refractivity contribution in [2.24, 2.45) is 4.40 Å². The number of sulfonamides is 1. The number of thioether (sulfide) groups is 1. The first kappa shape index (κ1) is 20.4. The average molecular weight is 436 g/mol. The zero-order chi connectivity index (χ0) is 21.1. The Bertz CT molecular complexity index is 1360. The van der Waals surface area contributed by atoms with Crippen LogP contribution in [0.15, 0.2) is 93.3 Å². The standard InChI is InChI=1S/C23H21N3O2S2/c1-17-13-19(14-18-9-5-3-6-10-18)16-26-21(15-22(29-2)24-23(17)26)25-30(27,28)20-11-7-4-8-12-20/h3-13,15-16H,14H2,1-2H3. The second-order valence-electron chi connectivity index (χ2n) is 6.92. The molecule has 0 bridgehead atoms. The van der Waals surface area contributed by atoms with Gasteiger partial charge in [-0.3, -0.25) is 4.40 Å². The molecule has 0 spiro atoms. The molecule has 0 aliphatic heterocycles. The van der Waals surface area contributed by atoms with Crippen LogP contribution >= 0.6 is 11.8 Å². The van der Waals surface area contributed by atoms with Crippen LogP contribution in [-0.4, -0.2) is 24.1 Å². The number of hydrogen-bond acceptors (Lipinski definition) is 4. The largest absolute Gasteiger partial charge is 0.285 e. The lowest BCUT2D eigenvalue weighted by Crippen LogP contribution is -2.20. The lowest BCUT2D eigenvalue weighted by atomic mass is 10.1. The topological polar surface area (TPSA) is 63.8 Å². The predicted molar refractivity (Wildman–Crippen MR) is 120 cm³/mol. The molecule has 152 valence electrons. The van der Waals surface area contributed by atoms with Crippen LogP contribution in [0.4, 0.5) is 0 Å². The molecule has 0 fully saturated rings. The molecule has 0 N–H and O–H groups in total. The van der Waals surface area contributed by atoms with Crippen LogP contribution in [0.3, 0.4) is 0 Å². The van der Waals surface area contributed by atoms with Gasteiger partial charge in [0.05, 0.1) is 4.90 Å². The van der Waals surface area contributed by atoms with Crippen LogP contribution in [0.25, 0.3) is 5.65 Å². The molecule has 0 aliphatic carbocycles. The molecule has 4 rings (SSSR count). The van der Waals surface area contributed by atoms with Gasteiger partial charge in [0.25, 0.3) is 10.0 Å². The summed E-state index contributed by atoms with van der Waals surface area (Å²) in [5.41, 5.74) is 4.24. The fourth-order valence-corrected chi connectivity index (χ4v) is 4.70. The molecule has 2 aromatic carbocycles. The summed E-state index contributed by atoms with van der Waals surface area (Å²) in [4.78, 5) is 4.84. The van der Waals surface area contributed by atoms with E-state index < -0.39 is 10.0 Å². The SMILES string of the molecule is CSc1cc(=NS(=O)(=O)c2ccccc2)n2cc(Cc3ccccc3)cc(C)c2n1. The van der Waals surface area contributed by atoms with E-state index in [1.807, 2.05) is 37.6 Å². The van der Waals surface area contributed by atoms with E-state index in [0.29, 0.717) is 11.1 Å². The van der Waals surface area contributed by atoms with Gasteiger partial charge >= 0.3 is 0 Å². The minimum atomic E-state index is -3.85. The predicted octanol–water partition coefficient (Wildman–Crippen LogP) is 4.25. The zero-order valence-electron chi connectivity index (χ0n) is 16.7. The maximum absolute atomic E-state index is 12.9. The van der Waals surface area contributed by atoms with E-state index in [1.54, 1.807) is 40.8 Å². The van der Waals surface area contributed by atoms with Gasteiger partial charge < -0.3 is 0 Å². The van der Waals surface area contributed by atoms with Crippen LogP contribution in [0.2, 0.25) is 0 Å². The van der Waals surface area contributed by atoms with Crippen LogP contribution in [-0.2, 0) is 16.4 Å². The van der Waals surface area contributed by atoms with Gasteiger partial charge in [-0.25, -0.2) is 4.98 Å². The molecule has 0 atom stereocenters. The fraction of sp³-hybridized carbons (Fsp3) is 0.130. The molecule has 7 heteroatoms. The number of pyridine rings is 1. The minimum absolute atomic E-state index is 0.165. The molecule has 0 amide bonds. The van der Waals surface area contributed by atoms with E-state index in [0.717, 1.165) is 22.6 Å². The third-order valence-electron chi connectivity index (χ3n) is 4.71. The van der Waals surface area contributed by atoms with E-state index in [-0.39, 0.29) is 4.90 Å². The molecule has 4 aromatic rings. The zero-order valence-corrected chi connectivity index (χ0v) is 18.3. The van der Waals surface area contributed by atoms with E-state index >= 15 is 0 Å². The highest BCUT2D eigenvalue weighted by Gasteiger charge is 2.13. The minimum Gasteiger partial charge on any atom is -0.285 e. The highest BCUT2D eigenvalue weighted by atomic mass is 32.2. The van der Waals surface area contributed by atoms with Crippen LogP contribution in [0, 0.1) is 6.92 Å². The second-order valence-corrected chi connectivity index (χ2v) is 9.35. The van der Waals surface area contributed by atoms with Gasteiger partial charge in [-0.05, 0) is 48.4 Å². The van der Waals surface area contributed by atoms with Crippen LogP contribution < -0.4 is 5.49 Å². The van der Waals surface area contributed by atoms with Gasteiger partial charge in [-0.15, -0.1) is 16.2 Å². The van der Waals surface area contributed by atoms with Crippen molar-refractivity contribution in [2.75, 3.05) is 6.26 Å². The van der Waals surface area contributed by atoms with Crippen LogP contribution in [0.1, 0.15) is 16.7 Å². The number of hydrogen-bond donors (Lipinski definition) is 0. The van der Waals surface area contributed by atoms with Gasteiger partial charge in [-0.1, -0.05) is 54.6 Å². The summed E-state index contributed by atoms with van der Waals surface area (Å²) in [5, 5.41) is 0.718. The van der Waals surface area contributed by atoms with Gasteiger partial charge in [0.15, 0.2) is 5.49 Å². The number of fused-ring (bicyclic) bond motifs is 1. The number of nitrogens with zero attached hydrogens (tertiary/aromatic N) is 3. The van der Waals surface area contributed by atoms with E-state index in [1.165, 1.54) is 17.3 Å². The fourth-order valence-electron chi connectivity index (χ4n) is 3.30. The monoisotopic (exact) mass is 435 g/mol. The maximum atomic E-state index is 12.9. The first-order valence-electron chi connectivity index (χ1n) is 9.43. The Morgan fingerprint density at radius 3 is 2.30 bits per heavy atom. The highest BCUT2D eigenvalue weighted by molar-refractivity contribution is 7.98. The van der Waals surface area contributed by atoms with Gasteiger partial charge in [0.1, 0.15) is 10.7 Å². The summed E-state index contributed by atoms with van der Waals surface area (Å²) < 4.78 is 31.7. The number of aryl methyl sites for hydroxylation is 1. The Labute approximate surface area is 180 Å². The smallest absolute Gasteiger partial charge is 0.284 e. The molecule has 0 saturated heterocycles. The molecular weight excluding hydrogens is 414 g/mol. The first-order valence-corrected chi connectivity index (χ1v) is 12.1. The van der Waals surface area contributed by atoms with Crippen molar-refractivity contribution < 1.29 is 8.42 Å². The molecule has 2 aromatic heterocycles. The third kappa shape index (κ3) is 4.32. The Kier molecular flexibility index (Phi) is 5.74. The number of aromatic nitrogens is 2. The van der Waals surface area contributed by atoms with E-state index in [4.69, 9.17) is 0 Å². The molecule has 0 saturated carbocycles. The quantitative estimate of drug-likeness (QED) is 0.347. The maximum Gasteiger partial charge on any atom is 0.284 e. The Hall–Kier alpha value is -2.90. The molecule has 30 heavy (non-hydrogen) atoms. The third-order valence-corrected chi connectivity index (χ3v) is 6.63. The van der Waals surface area contributed by atoms with Crippen molar-refractivity contribution >= 4 is 27.4 Å². The molecule has 2 heterocycles. The second kappa shape index (κ2) is 8.45. The van der Waals surface area contributed by atoms with Crippen molar-refractivity contribution in [3.8, 4) is 0 Å². The van der Waals surface area contributed by atoms with E-state index in [2.05, 4.69) is 27.6 Å². The summed E-state index contributed by atoms with van der Waals surface area (Å²) in [5.74, 6) is 0. The number of benzene rings is 2. The summed E-state index contributed by atoms with van der Waals surface area (Å²) in [6.45, 7) is 1.98. The average Bonchev–Trinajstić information content (AvgIpc) is 2.75. The van der Waals surface area contributed by atoms with Crippen LogP contribution in [0.5, 0.6) is 0 Å². The lowest BCUT2D eigenvalue weighted by Gasteiger charge is -2.11. The van der Waals surface area contributed by atoms with Gasteiger partial charge in [0.2, 0.25) is 0 Å². The van der Waals surface area contributed by atoms with E-state index in [9.17, 15) is 8.42 Å². The Morgan fingerprint density at radius 1 is 0.967 bits per heavy atom. The van der Waals surface area contributed by atoms with Gasteiger partial charge in [-0.2, -0.15) is 8.42 Å². The van der Waals surface area contributed by atoms with Crippen molar-refractivity contribution in [1.29, 1.82) is 0 Å². The van der Waals surface area contributed by atoms with Gasteiger partial charge in [0, 0.05) is 12.3 Å². The van der Waals surface area contributed by atoms with Crippen molar-refractivity contribution in [1.82, 2.24) is 9.38 Å². The molecule has 5 nitrogen and oxygen atoms in total. The Morgan fingerprint density at radius 2 is 1.63 bits per heavy atom. The summed E-state index contributed by atoms with van der Waals surface area (Å²) in [6, 6.07) is 22.2. The van der Waals surface area contributed by atoms with Crippen molar-refractivity contribution in [3.05, 3.63) is 101 Å². The molecule has 0 radical (unpaired) electrons. The highest BCUT2D eigenvalue weighted by Crippen LogP contribution is 2.17. The van der Waals surface area contributed by atoms with Crippen molar-refractivity contribution in [3.63, 3.8) is 0 Å². The normalized spacial score (nSPS) is 12.4. The summed E-state index contributed by atoms with van der Waals surface area (Å²) >= 11 is 1.46. The first-order chi connectivity index (χ1) is 14.5. The molecule has 0 unspecified atom stereocenters. The summed E-state index contributed by atoms with van der Waals surface area (Å²) in [7, 11) is -3.85. The molecular formula is C23H21N3O2S2. The number of rotatable bonds is 5. The Balaban J connectivity index is 1.93.